The van der Waals surface area contributed by atoms with Gasteiger partial charge in [0.05, 0.1) is 28.6 Å². The van der Waals surface area contributed by atoms with Crippen molar-refractivity contribution in [3.8, 4) is 0 Å². The van der Waals surface area contributed by atoms with Crippen LogP contribution < -0.4 is 10.2 Å². The number of benzene rings is 1. The molecule has 0 amide bonds. The van der Waals surface area contributed by atoms with Crippen molar-refractivity contribution >= 4 is 28.1 Å². The van der Waals surface area contributed by atoms with E-state index in [2.05, 4.69) is 34.5 Å². The van der Waals surface area contributed by atoms with Gasteiger partial charge in [0.2, 0.25) is 5.95 Å². The minimum atomic E-state index is -1.08. The Hall–Kier alpha value is -2.25. The molecule has 0 saturated heterocycles. The molecule has 0 spiro atoms. The van der Waals surface area contributed by atoms with Gasteiger partial charge >= 0.3 is 0 Å². The summed E-state index contributed by atoms with van der Waals surface area (Å²) in [4.78, 5) is 12.7. The zero-order valence-electron chi connectivity index (χ0n) is 18.4. The van der Waals surface area contributed by atoms with Gasteiger partial charge in [-0.25, -0.2) is 4.98 Å². The third-order valence-electron chi connectivity index (χ3n) is 7.62. The molecular formula is C25H30N4O2S. The molecule has 2 aromatic rings. The summed E-state index contributed by atoms with van der Waals surface area (Å²) in [5.74, 6) is 2.05. The van der Waals surface area contributed by atoms with Gasteiger partial charge < -0.3 is 15.3 Å². The van der Waals surface area contributed by atoms with E-state index in [-0.39, 0.29) is 12.1 Å². The van der Waals surface area contributed by atoms with Crippen LogP contribution in [0, 0.1) is 0 Å². The third kappa shape index (κ3) is 3.46. The molecule has 2 aliphatic heterocycles. The highest BCUT2D eigenvalue weighted by molar-refractivity contribution is 7.85. The number of aryl methyl sites for hydroxylation is 3. The summed E-state index contributed by atoms with van der Waals surface area (Å²) in [5.41, 5.74) is 6.33. The Morgan fingerprint density at radius 3 is 2.62 bits per heavy atom. The molecule has 4 aliphatic rings. The molecule has 1 aromatic heterocycles. The maximum Gasteiger partial charge on any atom is 0.227 e. The quantitative estimate of drug-likeness (QED) is 0.728. The van der Waals surface area contributed by atoms with Crippen LogP contribution >= 0.6 is 0 Å². The van der Waals surface area contributed by atoms with E-state index >= 15 is 0 Å². The monoisotopic (exact) mass is 450 g/mol. The topological polar surface area (TPSA) is 78.4 Å². The number of fused-ring (bicyclic) bond motifs is 2. The molecule has 1 atom stereocenters. The van der Waals surface area contributed by atoms with Crippen molar-refractivity contribution in [3.05, 3.63) is 46.7 Å². The van der Waals surface area contributed by atoms with E-state index in [0.29, 0.717) is 17.5 Å². The summed E-state index contributed by atoms with van der Waals surface area (Å²) in [6.07, 6.45) is 10.4. The van der Waals surface area contributed by atoms with Crippen LogP contribution in [0.4, 0.5) is 11.8 Å². The summed E-state index contributed by atoms with van der Waals surface area (Å²) < 4.78 is 12.8. The van der Waals surface area contributed by atoms with Crippen LogP contribution in [0.3, 0.4) is 0 Å². The first-order chi connectivity index (χ1) is 15.6. The number of anilines is 2. The second-order valence-electron chi connectivity index (χ2n) is 9.63. The molecule has 1 saturated carbocycles. The first-order valence-electron chi connectivity index (χ1n) is 11.9. The van der Waals surface area contributed by atoms with Gasteiger partial charge in [0.1, 0.15) is 10.7 Å². The lowest BCUT2D eigenvalue weighted by Gasteiger charge is -2.42. The molecule has 1 aromatic carbocycles. The van der Waals surface area contributed by atoms with E-state index in [0.717, 1.165) is 62.2 Å². The van der Waals surface area contributed by atoms with E-state index in [9.17, 15) is 9.32 Å². The Kier molecular flexibility index (Phi) is 5.06. The predicted octanol–water partition coefficient (Wildman–Crippen LogP) is 3.25. The molecule has 0 radical (unpaired) electrons. The number of aromatic nitrogens is 2. The number of rotatable bonds is 5. The van der Waals surface area contributed by atoms with Crippen LogP contribution in [0.25, 0.3) is 5.57 Å². The number of nitrogens with one attached hydrogen (secondary N) is 1. The van der Waals surface area contributed by atoms with E-state index in [4.69, 9.17) is 9.97 Å². The Morgan fingerprint density at radius 1 is 1.09 bits per heavy atom. The van der Waals surface area contributed by atoms with Gasteiger partial charge in [0.25, 0.3) is 0 Å². The summed E-state index contributed by atoms with van der Waals surface area (Å²) >= 11 is 0. The van der Waals surface area contributed by atoms with Gasteiger partial charge in [-0.15, -0.1) is 0 Å². The normalized spacial score (nSPS) is 23.3. The van der Waals surface area contributed by atoms with Gasteiger partial charge in [0.15, 0.2) is 0 Å². The molecule has 168 valence electrons. The first kappa shape index (κ1) is 20.4. The van der Waals surface area contributed by atoms with Crippen LogP contribution in [-0.4, -0.2) is 50.3 Å². The fourth-order valence-electron chi connectivity index (χ4n) is 5.28. The van der Waals surface area contributed by atoms with Crippen LogP contribution in [0.15, 0.2) is 29.2 Å². The Bertz CT molecular complexity index is 1120. The van der Waals surface area contributed by atoms with Crippen LogP contribution in [0.1, 0.15) is 54.5 Å². The highest BCUT2D eigenvalue weighted by atomic mass is 32.2. The van der Waals surface area contributed by atoms with Gasteiger partial charge in [0, 0.05) is 18.8 Å². The number of aliphatic hydroxyl groups excluding tert-OH is 1. The van der Waals surface area contributed by atoms with Crippen molar-refractivity contribution in [1.29, 1.82) is 0 Å². The summed E-state index contributed by atoms with van der Waals surface area (Å²) in [7, 11) is -1.08. The van der Waals surface area contributed by atoms with E-state index in [1.54, 1.807) is 0 Å². The Morgan fingerprint density at radius 2 is 1.97 bits per heavy atom. The minimum Gasteiger partial charge on any atom is -0.394 e. The van der Waals surface area contributed by atoms with E-state index in [1.807, 2.05) is 0 Å². The van der Waals surface area contributed by atoms with Crippen molar-refractivity contribution < 1.29 is 9.32 Å². The number of hydrogen-bond donors (Lipinski definition) is 2. The average molecular weight is 451 g/mol. The lowest BCUT2D eigenvalue weighted by molar-refractivity contribution is 0.143. The number of aliphatic hydroxyl groups is 1. The van der Waals surface area contributed by atoms with Gasteiger partial charge in [-0.05, 0) is 73.6 Å². The molecule has 2 N–H and O–H groups in total. The standard InChI is InChI=1S/C25H30N4O2S/c30-16-25(10-2-11-25)28-23-22-21(3-1-14-32(22)31)26-24(27-23)29-12-8-18(9-13-29)20-7-5-17-4-6-19(17)15-20/h5,7-8,15,30H,1-4,6,9-14,16H2,(H,26,27,28)/t32-/m1/s1. The van der Waals surface area contributed by atoms with Crippen LogP contribution in [0.2, 0.25) is 0 Å². The second-order valence-corrected chi connectivity index (χ2v) is 11.1. The summed E-state index contributed by atoms with van der Waals surface area (Å²) in [6.45, 7) is 1.72. The second kappa shape index (κ2) is 7.96. The molecular weight excluding hydrogens is 420 g/mol. The lowest BCUT2D eigenvalue weighted by Crippen LogP contribution is -2.49. The molecule has 32 heavy (non-hydrogen) atoms. The third-order valence-corrected chi connectivity index (χ3v) is 9.17. The van der Waals surface area contributed by atoms with E-state index in [1.165, 1.54) is 35.1 Å². The van der Waals surface area contributed by atoms with Crippen molar-refractivity contribution in [2.45, 2.75) is 61.8 Å². The Balaban J connectivity index is 1.29. The zero-order chi connectivity index (χ0) is 21.7. The van der Waals surface area contributed by atoms with E-state index < -0.39 is 10.8 Å². The smallest absolute Gasteiger partial charge is 0.227 e. The fourth-order valence-corrected chi connectivity index (χ4v) is 6.61. The van der Waals surface area contributed by atoms with Crippen molar-refractivity contribution in [2.24, 2.45) is 0 Å². The van der Waals surface area contributed by atoms with Crippen molar-refractivity contribution in [2.75, 3.05) is 35.7 Å². The molecule has 6 rings (SSSR count). The molecule has 0 unspecified atom stereocenters. The largest absolute Gasteiger partial charge is 0.394 e. The van der Waals surface area contributed by atoms with Gasteiger partial charge in [-0.2, -0.15) is 4.98 Å². The maximum atomic E-state index is 12.8. The lowest BCUT2D eigenvalue weighted by atomic mass is 9.77. The molecule has 2 aliphatic carbocycles. The molecule has 7 heteroatoms. The molecule has 1 fully saturated rings. The highest BCUT2D eigenvalue weighted by Gasteiger charge is 2.38. The first-order valence-corrected chi connectivity index (χ1v) is 13.2. The SMILES string of the molecule is O=[S@@]1CCCc2nc(N3CC=C(c4ccc5c(c4)CC5)CC3)nc(NC3(CO)CCC3)c21. The number of nitrogens with zero attached hydrogens (tertiary/aromatic N) is 3. The van der Waals surface area contributed by atoms with Gasteiger partial charge in [-0.3, -0.25) is 4.21 Å². The fraction of sp³-hybridized carbons (Fsp3) is 0.520. The van der Waals surface area contributed by atoms with Crippen molar-refractivity contribution in [1.82, 2.24) is 9.97 Å². The Labute approximate surface area is 191 Å². The average Bonchev–Trinajstić information content (AvgIpc) is 2.77. The van der Waals surface area contributed by atoms with Crippen LogP contribution in [-0.2, 0) is 30.1 Å². The van der Waals surface area contributed by atoms with Crippen LogP contribution in [0.5, 0.6) is 0 Å². The highest BCUT2D eigenvalue weighted by Crippen LogP contribution is 2.38. The van der Waals surface area contributed by atoms with Crippen molar-refractivity contribution in [3.63, 3.8) is 0 Å². The predicted molar refractivity (Wildman–Crippen MR) is 128 cm³/mol. The number of hydrogen-bond acceptors (Lipinski definition) is 6. The molecule has 0 bridgehead atoms. The summed E-state index contributed by atoms with van der Waals surface area (Å²) in [6, 6.07) is 6.91. The summed E-state index contributed by atoms with van der Waals surface area (Å²) in [5, 5.41) is 13.5. The molecule has 6 nitrogen and oxygen atoms in total. The minimum absolute atomic E-state index is 0.0737. The maximum absolute atomic E-state index is 12.8. The zero-order valence-corrected chi connectivity index (χ0v) is 19.2. The molecule has 3 heterocycles. The van der Waals surface area contributed by atoms with Gasteiger partial charge in [-0.1, -0.05) is 24.3 Å².